The topological polar surface area (TPSA) is 82.4 Å². The van der Waals surface area contributed by atoms with Crippen LogP contribution in [0.2, 0.25) is 0 Å². The highest BCUT2D eigenvalue weighted by Gasteiger charge is 2.29. The molecule has 1 N–H and O–H groups in total. The first-order valence-corrected chi connectivity index (χ1v) is 9.14. The molecule has 0 radical (unpaired) electrons. The van der Waals surface area contributed by atoms with E-state index < -0.39 is 17.7 Å². The fraction of sp³-hybridized carbons (Fsp3) is 0.318. The standard InChI is InChI=1S/C22H23N3O3/c1-22(2,3)28-21(27)24-17(13-23)12-15-9-10-19-16(11-15)14-25(20(19)26)18-7-5-4-6-8-18/h4-11,17H,12,14H2,1-3H3,(H,24,27)/t17-/m0/s1. The smallest absolute Gasteiger partial charge is 0.408 e. The Morgan fingerprint density at radius 1 is 1.25 bits per heavy atom. The summed E-state index contributed by atoms with van der Waals surface area (Å²) in [5, 5.41) is 12.0. The van der Waals surface area contributed by atoms with Gasteiger partial charge in [-0.05, 0) is 50.1 Å². The van der Waals surface area contributed by atoms with Gasteiger partial charge in [-0.25, -0.2) is 4.79 Å². The van der Waals surface area contributed by atoms with E-state index in [1.54, 1.807) is 31.7 Å². The number of alkyl carbamates (subject to hydrolysis) is 1. The first-order chi connectivity index (χ1) is 13.3. The van der Waals surface area contributed by atoms with E-state index in [0.717, 1.165) is 16.8 Å². The molecule has 1 heterocycles. The average Bonchev–Trinajstić information content (AvgIpc) is 2.96. The van der Waals surface area contributed by atoms with Gasteiger partial charge in [-0.1, -0.05) is 30.3 Å². The van der Waals surface area contributed by atoms with Gasteiger partial charge in [0.1, 0.15) is 11.6 Å². The lowest BCUT2D eigenvalue weighted by Gasteiger charge is -2.21. The molecule has 1 atom stereocenters. The van der Waals surface area contributed by atoms with Gasteiger partial charge in [0, 0.05) is 17.7 Å². The minimum atomic E-state index is -0.713. The van der Waals surface area contributed by atoms with E-state index in [0.29, 0.717) is 18.5 Å². The Morgan fingerprint density at radius 2 is 1.96 bits per heavy atom. The summed E-state index contributed by atoms with van der Waals surface area (Å²) in [5.74, 6) is -0.0311. The van der Waals surface area contributed by atoms with Gasteiger partial charge in [0.2, 0.25) is 0 Å². The van der Waals surface area contributed by atoms with E-state index in [1.165, 1.54) is 0 Å². The fourth-order valence-electron chi connectivity index (χ4n) is 3.13. The number of carbonyl (C=O) groups excluding carboxylic acids is 2. The molecule has 6 heteroatoms. The highest BCUT2D eigenvalue weighted by Crippen LogP contribution is 2.29. The lowest BCUT2D eigenvalue weighted by atomic mass is 10.0. The van der Waals surface area contributed by atoms with Crippen molar-refractivity contribution >= 4 is 17.7 Å². The van der Waals surface area contributed by atoms with Crippen molar-refractivity contribution < 1.29 is 14.3 Å². The SMILES string of the molecule is CC(C)(C)OC(=O)N[C@H](C#N)Cc1ccc2c(c1)CN(c1ccccc1)C2=O. The third-order valence-electron chi connectivity index (χ3n) is 4.33. The molecule has 0 fully saturated rings. The van der Waals surface area contributed by atoms with Crippen LogP contribution >= 0.6 is 0 Å². The predicted octanol–water partition coefficient (Wildman–Crippen LogP) is 3.81. The molecule has 2 aromatic carbocycles. The van der Waals surface area contributed by atoms with Crippen LogP contribution in [0.25, 0.3) is 0 Å². The van der Waals surface area contributed by atoms with Gasteiger partial charge in [0.25, 0.3) is 5.91 Å². The number of hydrogen-bond donors (Lipinski definition) is 1. The van der Waals surface area contributed by atoms with E-state index >= 15 is 0 Å². The molecule has 2 aromatic rings. The van der Waals surface area contributed by atoms with Crippen LogP contribution in [0.1, 0.15) is 42.3 Å². The van der Waals surface area contributed by atoms with Gasteiger partial charge in [-0.2, -0.15) is 5.26 Å². The number of amides is 2. The van der Waals surface area contributed by atoms with Crippen LogP contribution in [0.15, 0.2) is 48.5 Å². The molecule has 0 aliphatic carbocycles. The number of carbonyl (C=O) groups is 2. The zero-order valence-electron chi connectivity index (χ0n) is 16.2. The Hall–Kier alpha value is -3.33. The molecular formula is C22H23N3O3. The van der Waals surface area contributed by atoms with Crippen molar-refractivity contribution in [2.24, 2.45) is 0 Å². The van der Waals surface area contributed by atoms with E-state index in [-0.39, 0.29) is 5.91 Å². The van der Waals surface area contributed by atoms with Gasteiger partial charge >= 0.3 is 6.09 Å². The van der Waals surface area contributed by atoms with Crippen molar-refractivity contribution in [3.05, 3.63) is 65.2 Å². The molecule has 0 aromatic heterocycles. The number of benzene rings is 2. The van der Waals surface area contributed by atoms with Gasteiger partial charge in [-0.3, -0.25) is 4.79 Å². The zero-order valence-corrected chi connectivity index (χ0v) is 16.2. The van der Waals surface area contributed by atoms with Gasteiger partial charge in [-0.15, -0.1) is 0 Å². The van der Waals surface area contributed by atoms with Crippen molar-refractivity contribution in [1.82, 2.24) is 5.32 Å². The molecule has 28 heavy (non-hydrogen) atoms. The Morgan fingerprint density at radius 3 is 2.61 bits per heavy atom. The number of fused-ring (bicyclic) bond motifs is 1. The molecule has 0 saturated heterocycles. The van der Waals surface area contributed by atoms with Crippen molar-refractivity contribution in [3.63, 3.8) is 0 Å². The summed E-state index contributed by atoms with van der Waals surface area (Å²) in [4.78, 5) is 26.3. The number of para-hydroxylation sites is 1. The summed E-state index contributed by atoms with van der Waals surface area (Å²) in [7, 11) is 0. The van der Waals surface area contributed by atoms with Crippen LogP contribution < -0.4 is 10.2 Å². The van der Waals surface area contributed by atoms with E-state index in [9.17, 15) is 14.9 Å². The van der Waals surface area contributed by atoms with Crippen molar-refractivity contribution in [1.29, 1.82) is 5.26 Å². The molecular weight excluding hydrogens is 354 g/mol. The summed E-state index contributed by atoms with van der Waals surface area (Å²) in [6.45, 7) is 5.79. The first-order valence-electron chi connectivity index (χ1n) is 9.14. The lowest BCUT2D eigenvalue weighted by Crippen LogP contribution is -2.39. The number of anilines is 1. The van der Waals surface area contributed by atoms with Crippen LogP contribution in [-0.2, 0) is 17.7 Å². The van der Waals surface area contributed by atoms with Crippen LogP contribution in [0, 0.1) is 11.3 Å². The average molecular weight is 377 g/mol. The molecule has 2 amide bonds. The summed E-state index contributed by atoms with van der Waals surface area (Å²) in [5.41, 5.74) is 2.69. The Labute approximate surface area is 164 Å². The molecule has 1 aliphatic rings. The van der Waals surface area contributed by atoms with Crippen molar-refractivity contribution in [2.45, 2.75) is 45.4 Å². The number of rotatable bonds is 4. The zero-order chi connectivity index (χ0) is 20.3. The normalized spacial score (nSPS) is 14.2. The van der Waals surface area contributed by atoms with Crippen LogP contribution in [0.3, 0.4) is 0 Å². The maximum absolute atomic E-state index is 12.7. The van der Waals surface area contributed by atoms with Crippen LogP contribution in [0.5, 0.6) is 0 Å². The molecule has 3 rings (SSSR count). The molecule has 0 saturated carbocycles. The highest BCUT2D eigenvalue weighted by molar-refractivity contribution is 6.10. The highest BCUT2D eigenvalue weighted by atomic mass is 16.6. The summed E-state index contributed by atoms with van der Waals surface area (Å²) >= 11 is 0. The molecule has 0 spiro atoms. The lowest BCUT2D eigenvalue weighted by molar-refractivity contribution is 0.0515. The minimum absolute atomic E-state index is 0.0311. The minimum Gasteiger partial charge on any atom is -0.444 e. The van der Waals surface area contributed by atoms with E-state index in [1.807, 2.05) is 42.5 Å². The maximum atomic E-state index is 12.7. The molecule has 0 bridgehead atoms. The fourth-order valence-corrected chi connectivity index (χ4v) is 3.13. The monoisotopic (exact) mass is 377 g/mol. The first kappa shape index (κ1) is 19.4. The second-order valence-electron chi connectivity index (χ2n) is 7.75. The number of nitriles is 1. The largest absolute Gasteiger partial charge is 0.444 e. The maximum Gasteiger partial charge on any atom is 0.408 e. The van der Waals surface area contributed by atoms with Gasteiger partial charge < -0.3 is 15.0 Å². The van der Waals surface area contributed by atoms with Crippen LogP contribution in [0.4, 0.5) is 10.5 Å². The Balaban J connectivity index is 1.70. The second kappa shape index (κ2) is 7.73. The van der Waals surface area contributed by atoms with E-state index in [4.69, 9.17) is 4.74 Å². The Bertz CT molecular complexity index is 926. The third-order valence-corrected chi connectivity index (χ3v) is 4.33. The summed E-state index contributed by atoms with van der Waals surface area (Å²) in [6, 6.07) is 16.4. The molecule has 6 nitrogen and oxygen atoms in total. The van der Waals surface area contributed by atoms with Gasteiger partial charge in [0.15, 0.2) is 0 Å². The van der Waals surface area contributed by atoms with E-state index in [2.05, 4.69) is 11.4 Å². The number of nitrogens with zero attached hydrogens (tertiary/aromatic N) is 2. The number of hydrogen-bond acceptors (Lipinski definition) is 4. The molecule has 1 aliphatic heterocycles. The quantitative estimate of drug-likeness (QED) is 0.878. The third kappa shape index (κ3) is 4.49. The van der Waals surface area contributed by atoms with Crippen LogP contribution in [-0.4, -0.2) is 23.6 Å². The summed E-state index contributed by atoms with van der Waals surface area (Å²) in [6.07, 6.45) is -0.284. The summed E-state index contributed by atoms with van der Waals surface area (Å²) < 4.78 is 5.21. The van der Waals surface area contributed by atoms with Crippen molar-refractivity contribution in [3.8, 4) is 6.07 Å². The number of nitrogens with one attached hydrogen (secondary N) is 1. The Kier molecular flexibility index (Phi) is 5.36. The van der Waals surface area contributed by atoms with Gasteiger partial charge in [0.05, 0.1) is 12.6 Å². The number of ether oxygens (including phenoxy) is 1. The predicted molar refractivity (Wildman–Crippen MR) is 106 cm³/mol. The molecule has 144 valence electrons. The van der Waals surface area contributed by atoms with Crippen molar-refractivity contribution in [2.75, 3.05) is 4.90 Å². The molecule has 0 unspecified atom stereocenters. The second-order valence-corrected chi connectivity index (χ2v) is 7.75.